The zero-order chi connectivity index (χ0) is 21.1. The van der Waals surface area contributed by atoms with E-state index in [1.807, 2.05) is 18.2 Å². The molecule has 6 rings (SSSR count). The third-order valence-electron chi connectivity index (χ3n) is 6.63. The van der Waals surface area contributed by atoms with Crippen LogP contribution in [0, 0.1) is 23.7 Å². The highest BCUT2D eigenvalue weighted by Crippen LogP contribution is 2.53. The van der Waals surface area contributed by atoms with Gasteiger partial charge < -0.3 is 4.74 Å². The van der Waals surface area contributed by atoms with E-state index >= 15 is 0 Å². The number of hydrogen-bond donors (Lipinski definition) is 0. The Hall–Kier alpha value is -3.80. The van der Waals surface area contributed by atoms with Crippen LogP contribution in [0.2, 0.25) is 0 Å². The minimum atomic E-state index is -0.525. The lowest BCUT2D eigenvalue weighted by Gasteiger charge is -2.17. The van der Waals surface area contributed by atoms with E-state index in [0.29, 0.717) is 22.5 Å². The van der Waals surface area contributed by atoms with Crippen molar-refractivity contribution >= 4 is 34.4 Å². The Morgan fingerprint density at radius 2 is 1.58 bits per heavy atom. The molecular formula is C25H18N2O4. The highest BCUT2D eigenvalue weighted by atomic mass is 16.5. The second-order valence-corrected chi connectivity index (χ2v) is 8.28. The van der Waals surface area contributed by atoms with Gasteiger partial charge in [-0.2, -0.15) is 0 Å². The van der Waals surface area contributed by atoms with E-state index in [9.17, 15) is 14.4 Å². The van der Waals surface area contributed by atoms with E-state index < -0.39 is 5.97 Å². The molecule has 1 aromatic heterocycles. The van der Waals surface area contributed by atoms with Crippen LogP contribution in [0.4, 0.5) is 5.69 Å². The molecule has 1 saturated heterocycles. The van der Waals surface area contributed by atoms with Crippen molar-refractivity contribution in [2.45, 2.75) is 6.42 Å². The lowest BCUT2D eigenvalue weighted by atomic mass is 9.85. The van der Waals surface area contributed by atoms with Crippen LogP contribution in [0.1, 0.15) is 16.8 Å². The predicted molar refractivity (Wildman–Crippen MR) is 113 cm³/mol. The molecule has 0 unspecified atom stereocenters. The number of anilines is 1. The Labute approximate surface area is 178 Å². The van der Waals surface area contributed by atoms with Gasteiger partial charge in [-0.1, -0.05) is 30.4 Å². The molecule has 152 valence electrons. The number of imide groups is 1. The summed E-state index contributed by atoms with van der Waals surface area (Å²) in [5, 5.41) is 0.878. The third kappa shape index (κ3) is 2.64. The highest BCUT2D eigenvalue weighted by molar-refractivity contribution is 6.22. The first-order valence-electron chi connectivity index (χ1n) is 10.3. The van der Waals surface area contributed by atoms with Crippen LogP contribution >= 0.6 is 0 Å². The van der Waals surface area contributed by atoms with Crippen LogP contribution in [0.3, 0.4) is 0 Å². The number of para-hydroxylation sites is 1. The number of carbonyl (C=O) groups is 3. The number of fused-ring (bicyclic) bond motifs is 6. The maximum atomic E-state index is 12.9. The van der Waals surface area contributed by atoms with E-state index in [2.05, 4.69) is 17.1 Å². The van der Waals surface area contributed by atoms with Crippen LogP contribution in [0.15, 0.2) is 72.9 Å². The summed E-state index contributed by atoms with van der Waals surface area (Å²) in [5.74, 6) is -0.569. The monoisotopic (exact) mass is 410 g/mol. The molecule has 6 heteroatoms. The number of rotatable bonds is 3. The van der Waals surface area contributed by atoms with Gasteiger partial charge in [0, 0.05) is 11.6 Å². The molecule has 6 nitrogen and oxygen atoms in total. The van der Waals surface area contributed by atoms with Gasteiger partial charge >= 0.3 is 5.97 Å². The van der Waals surface area contributed by atoms with Crippen LogP contribution in [0.25, 0.3) is 10.9 Å². The molecule has 31 heavy (non-hydrogen) atoms. The summed E-state index contributed by atoms with van der Waals surface area (Å²) in [5.41, 5.74) is 1.43. The van der Waals surface area contributed by atoms with Gasteiger partial charge in [0.25, 0.3) is 0 Å². The molecule has 2 fully saturated rings. The average molecular weight is 410 g/mol. The number of benzene rings is 2. The van der Waals surface area contributed by atoms with Crippen LogP contribution < -0.4 is 9.64 Å². The third-order valence-corrected chi connectivity index (χ3v) is 6.63. The quantitative estimate of drug-likeness (QED) is 0.284. The van der Waals surface area contributed by atoms with Crippen molar-refractivity contribution in [3.8, 4) is 5.75 Å². The number of pyridine rings is 1. The number of carbonyl (C=O) groups excluding carboxylic acids is 3. The van der Waals surface area contributed by atoms with Crippen molar-refractivity contribution in [1.82, 2.24) is 4.98 Å². The minimum Gasteiger partial charge on any atom is -0.421 e. The molecule has 3 aromatic rings. The number of amides is 2. The van der Waals surface area contributed by atoms with E-state index in [1.165, 1.54) is 4.90 Å². The summed E-state index contributed by atoms with van der Waals surface area (Å²) < 4.78 is 5.56. The maximum Gasteiger partial charge on any atom is 0.343 e. The van der Waals surface area contributed by atoms with Crippen molar-refractivity contribution in [2.75, 3.05) is 4.90 Å². The van der Waals surface area contributed by atoms with E-state index in [1.54, 1.807) is 42.6 Å². The molecule has 1 aliphatic heterocycles. The molecule has 0 radical (unpaired) electrons. The van der Waals surface area contributed by atoms with Crippen LogP contribution in [0.5, 0.6) is 5.75 Å². The second-order valence-electron chi connectivity index (χ2n) is 8.28. The Morgan fingerprint density at radius 1 is 0.903 bits per heavy atom. The molecule has 2 amide bonds. The normalized spacial score (nSPS) is 26.0. The Morgan fingerprint density at radius 3 is 2.29 bits per heavy atom. The molecular weight excluding hydrogens is 392 g/mol. The van der Waals surface area contributed by atoms with Gasteiger partial charge in [-0.3, -0.25) is 19.5 Å². The second kappa shape index (κ2) is 6.60. The smallest absolute Gasteiger partial charge is 0.343 e. The van der Waals surface area contributed by atoms with E-state index in [-0.39, 0.29) is 35.5 Å². The van der Waals surface area contributed by atoms with E-state index in [4.69, 9.17) is 4.74 Å². The fourth-order valence-corrected chi connectivity index (χ4v) is 5.22. The molecule has 1 saturated carbocycles. The minimum absolute atomic E-state index is 0.135. The average Bonchev–Trinajstić information content (AvgIpc) is 3.48. The molecule has 2 aromatic carbocycles. The van der Waals surface area contributed by atoms with Crippen molar-refractivity contribution in [1.29, 1.82) is 0 Å². The summed E-state index contributed by atoms with van der Waals surface area (Å²) in [6.07, 6.45) is 6.69. The summed E-state index contributed by atoms with van der Waals surface area (Å²) in [4.78, 5) is 44.1. The number of allylic oxidation sites excluding steroid dienone is 2. The number of nitrogens with zero attached hydrogens (tertiary/aromatic N) is 2. The first-order chi connectivity index (χ1) is 15.1. The number of esters is 1. The lowest BCUT2D eigenvalue weighted by Crippen LogP contribution is -2.32. The van der Waals surface area contributed by atoms with E-state index in [0.717, 1.165) is 11.8 Å². The Bertz CT molecular complexity index is 1240. The molecule has 0 N–H and O–H groups in total. The van der Waals surface area contributed by atoms with Gasteiger partial charge in [0.2, 0.25) is 11.8 Å². The molecule has 2 aliphatic carbocycles. The maximum absolute atomic E-state index is 12.9. The van der Waals surface area contributed by atoms with Gasteiger partial charge in [-0.05, 0) is 54.7 Å². The highest BCUT2D eigenvalue weighted by Gasteiger charge is 2.59. The number of aromatic nitrogens is 1. The lowest BCUT2D eigenvalue weighted by molar-refractivity contribution is -0.123. The molecule has 0 spiro atoms. The molecule has 4 atom stereocenters. The van der Waals surface area contributed by atoms with Gasteiger partial charge in [0.15, 0.2) is 5.75 Å². The standard InChI is InChI=1S/C25H18N2O4/c28-23-20-16-6-7-17(13-16)21(20)24(29)27(23)18-10-8-15(9-11-18)25(30)31-19-5-1-3-14-4-2-12-26-22(14)19/h1-12,16-17,20-21H,13H2/t16-,17-,20-,21-/m0/s1. The Balaban J connectivity index is 1.24. The Kier molecular flexibility index (Phi) is 3.84. The predicted octanol–water partition coefficient (Wildman–Crippen LogP) is 3.77. The number of ether oxygens (including phenoxy) is 1. The molecule has 2 heterocycles. The molecule has 3 aliphatic rings. The van der Waals surface area contributed by atoms with Crippen LogP contribution in [-0.2, 0) is 9.59 Å². The molecule has 2 bridgehead atoms. The van der Waals surface area contributed by atoms with Crippen LogP contribution in [-0.4, -0.2) is 22.8 Å². The zero-order valence-electron chi connectivity index (χ0n) is 16.5. The zero-order valence-corrected chi connectivity index (χ0v) is 16.5. The topological polar surface area (TPSA) is 76.6 Å². The summed E-state index contributed by atoms with van der Waals surface area (Å²) >= 11 is 0. The largest absolute Gasteiger partial charge is 0.421 e. The van der Waals surface area contributed by atoms with Crippen molar-refractivity contribution in [2.24, 2.45) is 23.7 Å². The SMILES string of the molecule is O=C(Oc1cccc2cccnc12)c1ccc(N2C(=O)[C@@H]3[C@@H](C2=O)[C@H]2C=C[C@H]3C2)cc1. The number of hydrogen-bond acceptors (Lipinski definition) is 5. The van der Waals surface area contributed by atoms with Crippen molar-refractivity contribution < 1.29 is 19.1 Å². The first kappa shape index (κ1) is 18.0. The van der Waals surface area contributed by atoms with Gasteiger partial charge in [-0.25, -0.2) is 4.79 Å². The fourth-order valence-electron chi connectivity index (χ4n) is 5.22. The summed E-state index contributed by atoms with van der Waals surface area (Å²) in [6.45, 7) is 0. The van der Waals surface area contributed by atoms with Gasteiger partial charge in [0.1, 0.15) is 5.52 Å². The van der Waals surface area contributed by atoms with Crippen molar-refractivity contribution in [3.63, 3.8) is 0 Å². The summed E-state index contributed by atoms with van der Waals surface area (Å²) in [6, 6.07) is 15.5. The van der Waals surface area contributed by atoms with Gasteiger partial charge in [0.05, 0.1) is 23.1 Å². The fraction of sp³-hybridized carbons (Fsp3) is 0.200. The van der Waals surface area contributed by atoms with Gasteiger partial charge in [-0.15, -0.1) is 0 Å². The first-order valence-corrected chi connectivity index (χ1v) is 10.3. The summed E-state index contributed by atoms with van der Waals surface area (Å²) in [7, 11) is 0. The van der Waals surface area contributed by atoms with Crippen molar-refractivity contribution in [3.05, 3.63) is 78.5 Å².